The normalized spacial score (nSPS) is 9.55. The maximum absolute atomic E-state index is 11.5. The molecular weight excluding hydrogens is 393 g/mol. The van der Waals surface area contributed by atoms with Gasteiger partial charge in [-0.05, 0) is 6.07 Å². The number of aryl methyl sites for hydroxylation is 1. The minimum Gasteiger partial charge on any atom is -0.441 e. The minimum absolute atomic E-state index is 0. The average Bonchev–Trinajstić information content (AvgIpc) is 2.92. The van der Waals surface area contributed by atoms with Crippen LogP contribution in [0.15, 0.2) is 39.4 Å². The summed E-state index contributed by atoms with van der Waals surface area (Å²) in [4.78, 5) is 15.7. The van der Waals surface area contributed by atoms with Crippen molar-refractivity contribution in [3.8, 4) is 11.3 Å². The highest BCUT2D eigenvalue weighted by Gasteiger charge is 2.10. The molecule has 0 aliphatic carbocycles. The van der Waals surface area contributed by atoms with Crippen LogP contribution >= 0.6 is 40.7 Å². The van der Waals surface area contributed by atoms with Gasteiger partial charge in [0.25, 0.3) is 0 Å². The third kappa shape index (κ3) is 5.96. The molecule has 0 saturated carbocycles. The molecule has 0 aliphatic rings. The van der Waals surface area contributed by atoms with Crippen LogP contribution in [0.4, 0.5) is 0 Å². The van der Waals surface area contributed by atoms with Gasteiger partial charge >= 0.3 is 0 Å². The number of nitrogens with one attached hydrogen (secondary N) is 1. The third-order valence-corrected chi connectivity index (χ3v) is 3.42. The van der Waals surface area contributed by atoms with Crippen molar-refractivity contribution in [2.45, 2.75) is 12.8 Å². The molecule has 8 heteroatoms. The van der Waals surface area contributed by atoms with Crippen molar-refractivity contribution in [3.05, 3.63) is 40.8 Å². The molecule has 0 bridgehead atoms. The Morgan fingerprint density at radius 1 is 1.32 bits per heavy atom. The zero-order valence-corrected chi connectivity index (χ0v) is 15.0. The number of nitrogens with zero attached hydrogens (tertiary/aromatic N) is 1. The molecule has 2 aromatic rings. The van der Waals surface area contributed by atoms with Crippen molar-refractivity contribution >= 4 is 46.7 Å². The van der Waals surface area contributed by atoms with Crippen molar-refractivity contribution in [1.82, 2.24) is 10.3 Å². The first kappa shape index (κ1) is 20.9. The third-order valence-electron chi connectivity index (χ3n) is 2.73. The first-order valence-electron chi connectivity index (χ1n) is 6.37. The van der Waals surface area contributed by atoms with E-state index in [1.54, 1.807) is 6.20 Å². The van der Waals surface area contributed by atoms with Crippen LogP contribution < -0.4 is 11.1 Å². The van der Waals surface area contributed by atoms with E-state index in [0.717, 1.165) is 10.0 Å². The topological polar surface area (TPSA) is 81.1 Å². The Kier molecular flexibility index (Phi) is 10.1. The number of nitrogens with two attached hydrogens (primary N) is 1. The number of rotatable bonds is 6. The van der Waals surface area contributed by atoms with Gasteiger partial charge in [0.05, 0.1) is 6.20 Å². The molecule has 1 aromatic heterocycles. The molecule has 1 heterocycles. The molecule has 0 unspecified atom stereocenters. The van der Waals surface area contributed by atoms with Crippen molar-refractivity contribution in [2.24, 2.45) is 5.73 Å². The number of hydrogen-bond donors (Lipinski definition) is 2. The molecule has 1 amide bonds. The zero-order chi connectivity index (χ0) is 14.4. The second kappa shape index (κ2) is 10.6. The average molecular weight is 411 g/mol. The number of halogens is 3. The summed E-state index contributed by atoms with van der Waals surface area (Å²) in [7, 11) is 0. The van der Waals surface area contributed by atoms with Crippen LogP contribution in [0.3, 0.4) is 0 Å². The van der Waals surface area contributed by atoms with Crippen LogP contribution in [0.1, 0.15) is 12.3 Å². The van der Waals surface area contributed by atoms with Gasteiger partial charge in [-0.25, -0.2) is 4.98 Å². The van der Waals surface area contributed by atoms with E-state index < -0.39 is 0 Å². The van der Waals surface area contributed by atoms with E-state index in [0.29, 0.717) is 37.6 Å². The summed E-state index contributed by atoms with van der Waals surface area (Å²) < 4.78 is 6.61. The van der Waals surface area contributed by atoms with Crippen molar-refractivity contribution in [1.29, 1.82) is 0 Å². The molecule has 0 atom stereocenters. The monoisotopic (exact) mass is 409 g/mol. The largest absolute Gasteiger partial charge is 0.441 e. The molecule has 0 spiro atoms. The van der Waals surface area contributed by atoms with Crippen LogP contribution in [0.2, 0.25) is 0 Å². The van der Waals surface area contributed by atoms with E-state index in [1.807, 2.05) is 24.3 Å². The molecule has 1 aromatic carbocycles. The Hall–Kier alpha value is -1.08. The fourth-order valence-electron chi connectivity index (χ4n) is 1.73. The van der Waals surface area contributed by atoms with Crippen LogP contribution in [0, 0.1) is 0 Å². The molecule has 122 valence electrons. The lowest BCUT2D eigenvalue weighted by Crippen LogP contribution is -2.29. The van der Waals surface area contributed by atoms with Gasteiger partial charge in [0.2, 0.25) is 5.91 Å². The molecule has 0 saturated heterocycles. The molecule has 22 heavy (non-hydrogen) atoms. The standard InChI is InChI=1S/C14H16BrN3O2.2ClH/c15-11-4-2-1-3-10(11)12-9-18-14(20-12)6-5-13(19)17-8-7-16;;/h1-4,9H,5-8,16H2,(H,17,19);2*1H. The van der Waals surface area contributed by atoms with Gasteiger partial charge in [-0.2, -0.15) is 0 Å². The molecule has 3 N–H and O–H groups in total. The Balaban J connectivity index is 0.00000220. The van der Waals surface area contributed by atoms with Crippen molar-refractivity contribution < 1.29 is 9.21 Å². The van der Waals surface area contributed by atoms with Gasteiger partial charge in [0.1, 0.15) is 0 Å². The number of hydrogen-bond acceptors (Lipinski definition) is 4. The maximum atomic E-state index is 11.5. The van der Waals surface area contributed by atoms with E-state index in [-0.39, 0.29) is 30.7 Å². The lowest BCUT2D eigenvalue weighted by atomic mass is 10.2. The van der Waals surface area contributed by atoms with Crippen LogP contribution in [-0.2, 0) is 11.2 Å². The molecule has 0 fully saturated rings. The Bertz CT molecular complexity index is 593. The smallest absolute Gasteiger partial charge is 0.220 e. The Morgan fingerprint density at radius 3 is 2.73 bits per heavy atom. The van der Waals surface area contributed by atoms with Gasteiger partial charge in [0.15, 0.2) is 11.7 Å². The summed E-state index contributed by atoms with van der Waals surface area (Å²) >= 11 is 3.47. The zero-order valence-electron chi connectivity index (χ0n) is 11.8. The van der Waals surface area contributed by atoms with E-state index >= 15 is 0 Å². The van der Waals surface area contributed by atoms with Crippen molar-refractivity contribution in [2.75, 3.05) is 13.1 Å². The quantitative estimate of drug-likeness (QED) is 0.766. The lowest BCUT2D eigenvalue weighted by Gasteiger charge is -2.01. The van der Waals surface area contributed by atoms with Gasteiger partial charge in [-0.1, -0.05) is 34.1 Å². The number of aromatic nitrogens is 1. The first-order valence-corrected chi connectivity index (χ1v) is 7.16. The highest BCUT2D eigenvalue weighted by molar-refractivity contribution is 9.10. The van der Waals surface area contributed by atoms with Gasteiger partial charge < -0.3 is 15.5 Å². The van der Waals surface area contributed by atoms with Gasteiger partial charge in [0, 0.05) is 36.0 Å². The molecular formula is C14H18BrCl2N3O2. The fourth-order valence-corrected chi connectivity index (χ4v) is 2.21. The molecule has 5 nitrogen and oxygen atoms in total. The van der Waals surface area contributed by atoms with E-state index in [1.165, 1.54) is 0 Å². The van der Waals surface area contributed by atoms with Gasteiger partial charge in [-0.3, -0.25) is 4.79 Å². The lowest BCUT2D eigenvalue weighted by molar-refractivity contribution is -0.121. The minimum atomic E-state index is -0.0453. The number of carbonyl (C=O) groups excluding carboxylic acids is 1. The molecule has 2 rings (SSSR count). The van der Waals surface area contributed by atoms with E-state index in [4.69, 9.17) is 10.2 Å². The summed E-state index contributed by atoms with van der Waals surface area (Å²) in [6.45, 7) is 0.934. The van der Waals surface area contributed by atoms with Crippen LogP contribution in [0.25, 0.3) is 11.3 Å². The number of benzene rings is 1. The summed E-state index contributed by atoms with van der Waals surface area (Å²) in [6, 6.07) is 7.76. The number of amides is 1. The molecule has 0 radical (unpaired) electrons. The maximum Gasteiger partial charge on any atom is 0.220 e. The number of oxazole rings is 1. The van der Waals surface area contributed by atoms with Crippen LogP contribution in [-0.4, -0.2) is 24.0 Å². The second-order valence-electron chi connectivity index (χ2n) is 4.24. The van der Waals surface area contributed by atoms with Crippen LogP contribution in [0.5, 0.6) is 0 Å². The van der Waals surface area contributed by atoms with E-state index in [9.17, 15) is 4.79 Å². The predicted molar refractivity (Wildman–Crippen MR) is 94.5 cm³/mol. The predicted octanol–water partition coefficient (Wildman–Crippen LogP) is 2.96. The SMILES string of the molecule is Cl.Cl.NCCNC(=O)CCc1ncc(-c2ccccc2Br)o1. The summed E-state index contributed by atoms with van der Waals surface area (Å²) in [5.41, 5.74) is 6.26. The van der Waals surface area contributed by atoms with Gasteiger partial charge in [-0.15, -0.1) is 24.8 Å². The Morgan fingerprint density at radius 2 is 2.05 bits per heavy atom. The fraction of sp³-hybridized carbons (Fsp3) is 0.286. The second-order valence-corrected chi connectivity index (χ2v) is 5.09. The molecule has 0 aliphatic heterocycles. The highest BCUT2D eigenvalue weighted by Crippen LogP contribution is 2.28. The Labute approximate surface area is 150 Å². The number of carbonyl (C=O) groups is 1. The summed E-state index contributed by atoms with van der Waals surface area (Å²) in [5.74, 6) is 1.20. The highest BCUT2D eigenvalue weighted by atomic mass is 79.9. The first-order chi connectivity index (χ1) is 9.70. The summed E-state index contributed by atoms with van der Waals surface area (Å²) in [5, 5.41) is 2.71. The van der Waals surface area contributed by atoms with Crippen molar-refractivity contribution in [3.63, 3.8) is 0 Å². The summed E-state index contributed by atoms with van der Waals surface area (Å²) in [6.07, 6.45) is 2.49. The van der Waals surface area contributed by atoms with E-state index in [2.05, 4.69) is 26.2 Å².